The van der Waals surface area contributed by atoms with Gasteiger partial charge in [0, 0.05) is 11.7 Å². The van der Waals surface area contributed by atoms with Gasteiger partial charge in [-0.1, -0.05) is 23.8 Å². The molecule has 0 fully saturated rings. The van der Waals surface area contributed by atoms with Gasteiger partial charge in [0.05, 0.1) is 13.5 Å². The summed E-state index contributed by atoms with van der Waals surface area (Å²) in [6.07, 6.45) is -1.35. The Kier molecular flexibility index (Phi) is 10.5. The first-order valence-electron chi connectivity index (χ1n) is 12.7. The van der Waals surface area contributed by atoms with Gasteiger partial charge in [-0.15, -0.1) is 0 Å². The summed E-state index contributed by atoms with van der Waals surface area (Å²) in [5, 5.41) is 5.36. The van der Waals surface area contributed by atoms with Crippen LogP contribution >= 0.6 is 0 Å². The predicted molar refractivity (Wildman–Crippen MR) is 149 cm³/mol. The largest absolute Gasteiger partial charge is 0.497 e. The van der Waals surface area contributed by atoms with Crippen LogP contribution in [0.25, 0.3) is 0 Å². The van der Waals surface area contributed by atoms with Crippen molar-refractivity contribution >= 4 is 29.5 Å². The molecular weight excluding hydrogens is 500 g/mol. The zero-order valence-electron chi connectivity index (χ0n) is 24.0. The number of aryl methyl sites for hydroxylation is 2. The van der Waals surface area contributed by atoms with Crippen molar-refractivity contribution in [1.29, 1.82) is 0 Å². The van der Waals surface area contributed by atoms with Crippen molar-refractivity contribution in [2.75, 3.05) is 12.4 Å². The van der Waals surface area contributed by atoms with Crippen LogP contribution in [0.2, 0.25) is 0 Å². The molecule has 2 aromatic rings. The van der Waals surface area contributed by atoms with Crippen molar-refractivity contribution in [2.45, 2.75) is 78.6 Å². The van der Waals surface area contributed by atoms with Gasteiger partial charge in [-0.25, -0.2) is 4.79 Å². The van der Waals surface area contributed by atoms with E-state index in [1.165, 1.54) is 4.90 Å². The van der Waals surface area contributed by atoms with Crippen molar-refractivity contribution in [1.82, 2.24) is 10.2 Å². The maximum Gasteiger partial charge on any atom is 0.408 e. The maximum atomic E-state index is 14.0. The van der Waals surface area contributed by atoms with Gasteiger partial charge in [-0.2, -0.15) is 0 Å². The Morgan fingerprint density at radius 3 is 2.13 bits per heavy atom. The number of hydrogen-bond acceptors (Lipinski definition) is 6. The molecular formula is C29H40N4O6. The average molecular weight is 541 g/mol. The molecule has 212 valence electrons. The minimum Gasteiger partial charge on any atom is -0.497 e. The zero-order chi connectivity index (χ0) is 29.5. The Hall–Kier alpha value is -4.08. The number of nitrogens with two attached hydrogens (primary N) is 1. The molecule has 0 saturated heterocycles. The van der Waals surface area contributed by atoms with E-state index in [9.17, 15) is 19.2 Å². The van der Waals surface area contributed by atoms with E-state index < -0.39 is 54.0 Å². The van der Waals surface area contributed by atoms with Crippen molar-refractivity contribution in [2.24, 2.45) is 5.73 Å². The molecule has 0 radical (unpaired) electrons. The van der Waals surface area contributed by atoms with Crippen molar-refractivity contribution in [3.8, 4) is 5.75 Å². The van der Waals surface area contributed by atoms with Gasteiger partial charge in [0.15, 0.2) is 0 Å². The first-order valence-corrected chi connectivity index (χ1v) is 12.7. The summed E-state index contributed by atoms with van der Waals surface area (Å²) in [4.78, 5) is 53.8. The number of nitrogens with zero attached hydrogens (tertiary/aromatic N) is 1. The fourth-order valence-electron chi connectivity index (χ4n) is 4.07. The second-order valence-corrected chi connectivity index (χ2v) is 10.7. The van der Waals surface area contributed by atoms with E-state index in [-0.39, 0.29) is 0 Å². The standard InChI is InChI=1S/C29H40N4O6/c1-17(2)33(27(36)23(16-24(30)34)32-28(37)39-29(5,6)7)25(22-15-18(3)9-10-19(22)4)26(35)31-20-11-13-21(38-8)14-12-20/h9-15,17,23,25H,16H2,1-8H3,(H2,30,34)(H,31,35)(H,32,37). The highest BCUT2D eigenvalue weighted by Crippen LogP contribution is 2.30. The molecule has 0 aliphatic carbocycles. The van der Waals surface area contributed by atoms with Crippen molar-refractivity contribution in [3.05, 3.63) is 59.2 Å². The lowest BCUT2D eigenvalue weighted by molar-refractivity contribution is -0.143. The Morgan fingerprint density at radius 2 is 1.62 bits per heavy atom. The average Bonchev–Trinajstić information content (AvgIpc) is 2.82. The third kappa shape index (κ3) is 9.01. The second-order valence-electron chi connectivity index (χ2n) is 10.7. The molecule has 0 bridgehead atoms. The number of rotatable bonds is 10. The molecule has 10 heteroatoms. The number of ether oxygens (including phenoxy) is 2. The van der Waals surface area contributed by atoms with Crippen LogP contribution in [0.1, 0.15) is 63.8 Å². The number of nitrogens with one attached hydrogen (secondary N) is 2. The van der Waals surface area contributed by atoms with Crippen LogP contribution in [0.5, 0.6) is 5.75 Å². The summed E-state index contributed by atoms with van der Waals surface area (Å²) in [7, 11) is 1.55. The third-order valence-electron chi connectivity index (χ3n) is 5.82. The smallest absolute Gasteiger partial charge is 0.408 e. The van der Waals surface area contributed by atoms with Crippen LogP contribution in [0.3, 0.4) is 0 Å². The van der Waals surface area contributed by atoms with Crippen LogP contribution in [-0.4, -0.2) is 53.5 Å². The number of methoxy groups -OCH3 is 1. The SMILES string of the molecule is COc1ccc(NC(=O)C(c2cc(C)ccc2C)N(C(=O)C(CC(N)=O)NC(=O)OC(C)(C)C)C(C)C)cc1. The summed E-state index contributed by atoms with van der Waals surface area (Å²) in [5.41, 5.74) is 7.41. The summed E-state index contributed by atoms with van der Waals surface area (Å²) >= 11 is 0. The summed E-state index contributed by atoms with van der Waals surface area (Å²) in [5.74, 6) is -1.28. The van der Waals surface area contributed by atoms with Gasteiger partial charge in [0.25, 0.3) is 5.91 Å². The number of carbonyl (C=O) groups excluding carboxylic acids is 4. The molecule has 2 aromatic carbocycles. The monoisotopic (exact) mass is 540 g/mol. The van der Waals surface area contributed by atoms with Crippen LogP contribution in [0.4, 0.5) is 10.5 Å². The summed E-state index contributed by atoms with van der Waals surface area (Å²) < 4.78 is 10.5. The lowest BCUT2D eigenvalue weighted by Crippen LogP contribution is -2.55. The van der Waals surface area contributed by atoms with E-state index in [0.717, 1.165) is 11.1 Å². The van der Waals surface area contributed by atoms with Gasteiger partial charge in [0.1, 0.15) is 23.4 Å². The zero-order valence-corrected chi connectivity index (χ0v) is 24.0. The minimum atomic E-state index is -1.35. The predicted octanol–water partition coefficient (Wildman–Crippen LogP) is 4.00. The topological polar surface area (TPSA) is 140 Å². The molecule has 0 aliphatic heterocycles. The molecule has 4 amide bonds. The molecule has 4 N–H and O–H groups in total. The number of anilines is 1. The quantitative estimate of drug-likeness (QED) is 0.416. The van der Waals surface area contributed by atoms with Crippen molar-refractivity contribution in [3.63, 3.8) is 0 Å². The van der Waals surface area contributed by atoms with Gasteiger partial charge in [0.2, 0.25) is 11.8 Å². The highest BCUT2D eigenvalue weighted by atomic mass is 16.6. The minimum absolute atomic E-state index is 0.467. The first-order chi connectivity index (χ1) is 18.1. The van der Waals surface area contributed by atoms with E-state index in [2.05, 4.69) is 10.6 Å². The number of alkyl carbamates (subject to hydrolysis) is 1. The molecule has 0 aliphatic rings. The molecule has 0 spiro atoms. The molecule has 0 heterocycles. The van der Waals surface area contributed by atoms with E-state index in [4.69, 9.17) is 15.2 Å². The number of amides is 4. The van der Waals surface area contributed by atoms with Gasteiger partial charge < -0.3 is 30.7 Å². The fraction of sp³-hybridized carbons (Fsp3) is 0.448. The lowest BCUT2D eigenvalue weighted by atomic mass is 9.95. The van der Waals surface area contributed by atoms with E-state index in [0.29, 0.717) is 17.0 Å². The fourth-order valence-corrected chi connectivity index (χ4v) is 4.07. The molecule has 10 nitrogen and oxygen atoms in total. The lowest BCUT2D eigenvalue weighted by Gasteiger charge is -2.37. The highest BCUT2D eigenvalue weighted by molar-refractivity contribution is 6.00. The number of benzene rings is 2. The van der Waals surface area contributed by atoms with E-state index in [1.54, 1.807) is 66.0 Å². The normalized spacial score (nSPS) is 12.7. The number of carbonyl (C=O) groups is 4. The number of primary amides is 1. The molecule has 0 saturated carbocycles. The van der Waals surface area contributed by atoms with Crippen LogP contribution in [0.15, 0.2) is 42.5 Å². The Labute approximate surface area is 230 Å². The van der Waals surface area contributed by atoms with Gasteiger partial charge in [-0.05, 0) is 83.9 Å². The van der Waals surface area contributed by atoms with E-state index >= 15 is 0 Å². The van der Waals surface area contributed by atoms with Crippen molar-refractivity contribution < 1.29 is 28.7 Å². The Balaban J connectivity index is 2.57. The highest BCUT2D eigenvalue weighted by Gasteiger charge is 2.39. The molecule has 39 heavy (non-hydrogen) atoms. The molecule has 2 atom stereocenters. The maximum absolute atomic E-state index is 14.0. The summed E-state index contributed by atoms with van der Waals surface area (Å²) in [6.45, 7) is 12.3. The van der Waals surface area contributed by atoms with Gasteiger partial charge >= 0.3 is 6.09 Å². The Morgan fingerprint density at radius 1 is 1.00 bits per heavy atom. The molecule has 0 aromatic heterocycles. The first kappa shape index (κ1) is 31.1. The second kappa shape index (κ2) is 13.1. The van der Waals surface area contributed by atoms with Crippen LogP contribution in [-0.2, 0) is 19.1 Å². The third-order valence-corrected chi connectivity index (χ3v) is 5.82. The molecule has 2 rings (SSSR count). The Bertz CT molecular complexity index is 1190. The van der Waals surface area contributed by atoms with Gasteiger partial charge in [-0.3, -0.25) is 14.4 Å². The van der Waals surface area contributed by atoms with E-state index in [1.807, 2.05) is 32.0 Å². The molecule has 2 unspecified atom stereocenters. The van der Waals surface area contributed by atoms with Crippen LogP contribution < -0.4 is 21.1 Å². The number of hydrogen-bond donors (Lipinski definition) is 3. The van der Waals surface area contributed by atoms with Crippen LogP contribution in [0, 0.1) is 13.8 Å². The summed E-state index contributed by atoms with van der Waals surface area (Å²) in [6, 6.07) is 9.51.